The Morgan fingerprint density at radius 2 is 2.00 bits per heavy atom. The van der Waals surface area contributed by atoms with Gasteiger partial charge in [-0.3, -0.25) is 0 Å². The molecule has 1 aromatic carbocycles. The summed E-state index contributed by atoms with van der Waals surface area (Å²) in [4.78, 5) is 10.3. The molecule has 0 spiro atoms. The van der Waals surface area contributed by atoms with Crippen molar-refractivity contribution in [3.05, 3.63) is 29.8 Å². The highest BCUT2D eigenvalue weighted by atomic mass is 19.4. The molecule has 0 heterocycles. The average Bonchev–Trinajstić information content (AvgIpc) is 2.01. The lowest BCUT2D eigenvalue weighted by Gasteiger charge is -2.07. The van der Waals surface area contributed by atoms with E-state index in [0.717, 1.165) is 18.2 Å². The number of amides is 2. The Balaban J connectivity index is 2.95. The Hall–Kier alpha value is -1.72. The Kier molecular flexibility index (Phi) is 2.64. The van der Waals surface area contributed by atoms with Crippen LogP contribution >= 0.6 is 0 Å². The Bertz CT molecular complexity index is 349. The fraction of sp³-hybridized carbons (Fsp3) is 0.125. The maximum Gasteiger partial charge on any atom is 0.416 e. The Morgan fingerprint density at radius 3 is 2.50 bits per heavy atom. The van der Waals surface area contributed by atoms with E-state index in [-0.39, 0.29) is 5.69 Å². The number of primary amides is 1. The lowest BCUT2D eigenvalue weighted by atomic mass is 10.2. The van der Waals surface area contributed by atoms with Crippen molar-refractivity contribution < 1.29 is 18.0 Å². The summed E-state index contributed by atoms with van der Waals surface area (Å²) in [5.41, 5.74) is 3.73. The summed E-state index contributed by atoms with van der Waals surface area (Å²) in [7, 11) is 0. The molecule has 75 valence electrons. The topological polar surface area (TPSA) is 57.2 Å². The summed E-state index contributed by atoms with van der Waals surface area (Å²) >= 11 is 0. The molecule has 0 aliphatic rings. The number of alkyl halides is 3. The molecule has 0 aliphatic heterocycles. The van der Waals surface area contributed by atoms with Crippen molar-refractivity contribution in [3.63, 3.8) is 0 Å². The molecule has 1 radical (unpaired) electrons. The number of urea groups is 1. The number of nitrogens with zero attached hydrogens (tertiary/aromatic N) is 1. The number of hydrogen-bond acceptors (Lipinski definition) is 1. The van der Waals surface area contributed by atoms with Crippen molar-refractivity contribution in [2.24, 2.45) is 5.73 Å². The van der Waals surface area contributed by atoms with E-state index < -0.39 is 17.8 Å². The van der Waals surface area contributed by atoms with E-state index in [4.69, 9.17) is 5.73 Å². The number of carbonyl (C=O) groups is 1. The number of nitrogens with two attached hydrogens (primary N) is 1. The van der Waals surface area contributed by atoms with Crippen LogP contribution in [-0.2, 0) is 6.18 Å². The fourth-order valence-corrected chi connectivity index (χ4v) is 0.879. The smallest absolute Gasteiger partial charge is 0.350 e. The molecule has 0 saturated heterocycles. The average molecular weight is 203 g/mol. The van der Waals surface area contributed by atoms with Crippen LogP contribution in [0.4, 0.5) is 23.7 Å². The minimum absolute atomic E-state index is 0.104. The first-order chi connectivity index (χ1) is 6.39. The second kappa shape index (κ2) is 3.57. The van der Waals surface area contributed by atoms with Gasteiger partial charge in [-0.05, 0) is 18.2 Å². The zero-order valence-corrected chi connectivity index (χ0v) is 6.88. The molecule has 2 N–H and O–H groups in total. The molecule has 14 heavy (non-hydrogen) atoms. The molecule has 2 amide bonds. The van der Waals surface area contributed by atoms with Gasteiger partial charge in [-0.15, -0.1) is 0 Å². The van der Waals surface area contributed by atoms with Gasteiger partial charge in [0.15, 0.2) is 0 Å². The number of hydrogen-bond donors (Lipinski definition) is 1. The minimum atomic E-state index is -4.44. The van der Waals surface area contributed by atoms with E-state index in [2.05, 4.69) is 5.32 Å². The van der Waals surface area contributed by atoms with Gasteiger partial charge in [0.2, 0.25) is 0 Å². The first kappa shape index (κ1) is 10.4. The zero-order valence-electron chi connectivity index (χ0n) is 6.88. The maximum absolute atomic E-state index is 12.1. The molecule has 0 saturated carbocycles. The number of benzene rings is 1. The summed E-state index contributed by atoms with van der Waals surface area (Å²) in [6.07, 6.45) is -4.44. The predicted molar refractivity (Wildman–Crippen MR) is 42.8 cm³/mol. The highest BCUT2D eigenvalue weighted by Crippen LogP contribution is 2.30. The second-order valence-corrected chi connectivity index (χ2v) is 2.50. The van der Waals surface area contributed by atoms with Crippen molar-refractivity contribution in [2.45, 2.75) is 6.18 Å². The number of halogens is 3. The van der Waals surface area contributed by atoms with E-state index >= 15 is 0 Å². The van der Waals surface area contributed by atoms with Crippen molar-refractivity contribution in [3.8, 4) is 0 Å². The van der Waals surface area contributed by atoms with Gasteiger partial charge in [-0.25, -0.2) is 4.79 Å². The Morgan fingerprint density at radius 1 is 1.36 bits per heavy atom. The molecule has 0 atom stereocenters. The first-order valence-electron chi connectivity index (χ1n) is 3.58. The van der Waals surface area contributed by atoms with Crippen LogP contribution in [-0.4, -0.2) is 6.03 Å². The Labute approximate surface area is 77.7 Å². The molecule has 0 aliphatic carbocycles. The minimum Gasteiger partial charge on any atom is -0.350 e. The van der Waals surface area contributed by atoms with Gasteiger partial charge in [-0.1, -0.05) is 6.07 Å². The monoisotopic (exact) mass is 203 g/mol. The van der Waals surface area contributed by atoms with Crippen LogP contribution in [0, 0.1) is 0 Å². The molecule has 1 aromatic rings. The second-order valence-electron chi connectivity index (χ2n) is 2.50. The molecule has 0 aromatic heterocycles. The van der Waals surface area contributed by atoms with Crippen molar-refractivity contribution >= 4 is 11.7 Å². The lowest BCUT2D eigenvalue weighted by molar-refractivity contribution is -0.137. The molecule has 0 unspecified atom stereocenters. The summed E-state index contributed by atoms with van der Waals surface area (Å²) in [5, 5.41) is 3.17. The van der Waals surface area contributed by atoms with Gasteiger partial charge in [0.1, 0.15) is 0 Å². The fourth-order valence-electron chi connectivity index (χ4n) is 0.879. The molecule has 1 rings (SSSR count). The highest BCUT2D eigenvalue weighted by Gasteiger charge is 2.30. The summed E-state index contributed by atoms with van der Waals surface area (Å²) in [6, 6.07) is 3.04. The van der Waals surface area contributed by atoms with Crippen LogP contribution in [0.15, 0.2) is 24.3 Å². The van der Waals surface area contributed by atoms with Crippen LogP contribution in [0.2, 0.25) is 0 Å². The van der Waals surface area contributed by atoms with Crippen LogP contribution in [0.1, 0.15) is 5.56 Å². The zero-order chi connectivity index (χ0) is 10.8. The lowest BCUT2D eigenvalue weighted by Crippen LogP contribution is -2.18. The molecule has 0 fully saturated rings. The summed E-state index contributed by atoms with van der Waals surface area (Å²) in [6.45, 7) is 0. The van der Waals surface area contributed by atoms with Gasteiger partial charge >= 0.3 is 12.2 Å². The third-order valence-electron chi connectivity index (χ3n) is 1.41. The normalized spacial score (nSPS) is 11.1. The molecule has 6 heteroatoms. The van der Waals surface area contributed by atoms with E-state index in [9.17, 15) is 18.0 Å². The van der Waals surface area contributed by atoms with Crippen LogP contribution in [0.5, 0.6) is 0 Å². The standard InChI is InChI=1S/C8H6F3N2O/c9-8(10,11)5-2-1-3-6(4-5)13-7(12)14/h1-4H,(H2,12,14). The van der Waals surface area contributed by atoms with Crippen LogP contribution in [0.3, 0.4) is 0 Å². The SMILES string of the molecule is NC(=O)[N]c1cccc(C(F)(F)F)c1. The quantitative estimate of drug-likeness (QED) is 0.745. The van der Waals surface area contributed by atoms with E-state index in [0.29, 0.717) is 0 Å². The maximum atomic E-state index is 12.1. The van der Waals surface area contributed by atoms with Crippen molar-refractivity contribution in [1.29, 1.82) is 0 Å². The van der Waals surface area contributed by atoms with E-state index in [1.165, 1.54) is 6.07 Å². The van der Waals surface area contributed by atoms with Gasteiger partial charge in [0, 0.05) is 0 Å². The third-order valence-corrected chi connectivity index (χ3v) is 1.41. The van der Waals surface area contributed by atoms with Crippen LogP contribution < -0.4 is 11.1 Å². The molecular weight excluding hydrogens is 197 g/mol. The van der Waals surface area contributed by atoms with E-state index in [1.54, 1.807) is 0 Å². The largest absolute Gasteiger partial charge is 0.416 e. The predicted octanol–water partition coefficient (Wildman–Crippen LogP) is 2.02. The van der Waals surface area contributed by atoms with Crippen molar-refractivity contribution in [1.82, 2.24) is 5.32 Å². The van der Waals surface area contributed by atoms with Gasteiger partial charge in [0.05, 0.1) is 11.3 Å². The van der Waals surface area contributed by atoms with Crippen molar-refractivity contribution in [2.75, 3.05) is 0 Å². The van der Waals surface area contributed by atoms with Crippen LogP contribution in [0.25, 0.3) is 0 Å². The highest BCUT2D eigenvalue weighted by molar-refractivity contribution is 5.77. The third kappa shape index (κ3) is 2.65. The van der Waals surface area contributed by atoms with Gasteiger partial charge in [0.25, 0.3) is 0 Å². The van der Waals surface area contributed by atoms with E-state index in [1.807, 2.05) is 0 Å². The number of rotatable bonds is 1. The van der Waals surface area contributed by atoms with Gasteiger partial charge in [-0.2, -0.15) is 18.5 Å². The molecule has 3 nitrogen and oxygen atoms in total. The molecular formula is C8H6F3N2O. The summed E-state index contributed by atoms with van der Waals surface area (Å²) < 4.78 is 36.4. The molecule has 0 bridgehead atoms. The first-order valence-corrected chi connectivity index (χ1v) is 3.58. The van der Waals surface area contributed by atoms with Gasteiger partial charge < -0.3 is 5.73 Å². The number of carbonyl (C=O) groups excluding carboxylic acids is 1. The summed E-state index contributed by atoms with van der Waals surface area (Å²) in [5.74, 6) is 0.